The molecule has 0 radical (unpaired) electrons. The third-order valence-corrected chi connectivity index (χ3v) is 7.15. The van der Waals surface area contributed by atoms with Gasteiger partial charge in [-0.2, -0.15) is 0 Å². The number of rotatable bonds is 7. The van der Waals surface area contributed by atoms with E-state index in [-0.39, 0.29) is 6.04 Å². The quantitative estimate of drug-likeness (QED) is 0.767. The first-order valence-electron chi connectivity index (χ1n) is 9.77. The average Bonchev–Trinajstić information content (AvgIpc) is 3.15. The van der Waals surface area contributed by atoms with Crippen molar-refractivity contribution in [2.24, 2.45) is 0 Å². The normalized spacial score (nSPS) is 16.3. The Morgan fingerprint density at radius 2 is 1.61 bits per heavy atom. The minimum absolute atomic E-state index is 0.00856. The summed E-state index contributed by atoms with van der Waals surface area (Å²) in [7, 11) is -1.94. The Hall–Kier alpha value is -1.89. The van der Waals surface area contributed by atoms with E-state index in [9.17, 15) is 8.42 Å². The van der Waals surface area contributed by atoms with Gasteiger partial charge in [-0.1, -0.05) is 29.8 Å². The van der Waals surface area contributed by atoms with Crippen molar-refractivity contribution in [2.45, 2.75) is 44.6 Å². The van der Waals surface area contributed by atoms with Crippen LogP contribution in [0.2, 0.25) is 0 Å². The fourth-order valence-electron chi connectivity index (χ4n) is 4.19. The molecular formula is C22H30N2O3S. The lowest BCUT2D eigenvalue weighted by Crippen LogP contribution is -2.37. The Morgan fingerprint density at radius 1 is 1.04 bits per heavy atom. The van der Waals surface area contributed by atoms with E-state index >= 15 is 0 Å². The fraction of sp³-hybridized carbons (Fsp3) is 0.455. The van der Waals surface area contributed by atoms with Crippen molar-refractivity contribution < 1.29 is 13.2 Å². The molecule has 0 saturated carbocycles. The van der Waals surface area contributed by atoms with Gasteiger partial charge in [0.25, 0.3) is 0 Å². The van der Waals surface area contributed by atoms with Crippen molar-refractivity contribution in [1.29, 1.82) is 0 Å². The molecule has 2 aromatic carbocycles. The molecule has 0 aromatic heterocycles. The predicted molar refractivity (Wildman–Crippen MR) is 112 cm³/mol. The number of hydrogen-bond acceptors (Lipinski definition) is 4. The van der Waals surface area contributed by atoms with Gasteiger partial charge < -0.3 is 4.74 Å². The molecule has 0 amide bonds. The maximum atomic E-state index is 13.1. The summed E-state index contributed by atoms with van der Waals surface area (Å²) in [4.78, 5) is 2.76. The van der Waals surface area contributed by atoms with Crippen LogP contribution in [0.25, 0.3) is 0 Å². The van der Waals surface area contributed by atoms with Gasteiger partial charge in [0.05, 0.1) is 12.0 Å². The van der Waals surface area contributed by atoms with Gasteiger partial charge in [-0.05, 0) is 75.5 Å². The van der Waals surface area contributed by atoms with Crippen molar-refractivity contribution in [3.8, 4) is 5.75 Å². The third kappa shape index (κ3) is 4.57. The molecule has 5 nitrogen and oxygen atoms in total. The van der Waals surface area contributed by atoms with Gasteiger partial charge in [0.1, 0.15) is 5.75 Å². The molecule has 0 aliphatic carbocycles. The van der Waals surface area contributed by atoms with Crippen molar-refractivity contribution in [3.05, 3.63) is 58.7 Å². The minimum Gasteiger partial charge on any atom is -0.497 e. The summed E-state index contributed by atoms with van der Waals surface area (Å²) in [6.45, 7) is 8.02. The molecule has 2 aromatic rings. The number of sulfonamides is 1. The second kappa shape index (κ2) is 8.64. The molecule has 28 heavy (non-hydrogen) atoms. The topological polar surface area (TPSA) is 58.6 Å². The molecule has 6 heteroatoms. The van der Waals surface area contributed by atoms with Gasteiger partial charge in [-0.15, -0.1) is 0 Å². The van der Waals surface area contributed by atoms with Crippen LogP contribution in [0.1, 0.15) is 41.1 Å². The average molecular weight is 403 g/mol. The molecule has 1 aliphatic rings. The number of benzene rings is 2. The molecule has 3 rings (SSSR count). The van der Waals surface area contributed by atoms with Gasteiger partial charge >= 0.3 is 0 Å². The Bertz CT molecular complexity index is 894. The van der Waals surface area contributed by atoms with Crippen molar-refractivity contribution in [3.63, 3.8) is 0 Å². The van der Waals surface area contributed by atoms with Crippen LogP contribution in [-0.4, -0.2) is 40.1 Å². The second-order valence-corrected chi connectivity index (χ2v) is 9.32. The number of nitrogens with zero attached hydrogens (tertiary/aromatic N) is 1. The highest BCUT2D eigenvalue weighted by atomic mass is 32.2. The zero-order valence-corrected chi connectivity index (χ0v) is 18.0. The fourth-order valence-corrected chi connectivity index (χ4v) is 5.68. The summed E-state index contributed by atoms with van der Waals surface area (Å²) in [5.41, 5.74) is 3.74. The molecule has 1 saturated heterocycles. The van der Waals surface area contributed by atoms with Gasteiger partial charge in [0, 0.05) is 12.6 Å². The lowest BCUT2D eigenvalue weighted by molar-refractivity contribution is 0.246. The van der Waals surface area contributed by atoms with E-state index in [4.69, 9.17) is 4.74 Å². The van der Waals surface area contributed by atoms with Gasteiger partial charge in [-0.3, -0.25) is 4.90 Å². The van der Waals surface area contributed by atoms with E-state index in [1.807, 2.05) is 57.2 Å². The number of nitrogens with one attached hydrogen (secondary N) is 1. The van der Waals surface area contributed by atoms with Crippen molar-refractivity contribution >= 4 is 10.0 Å². The van der Waals surface area contributed by atoms with Crippen molar-refractivity contribution in [2.75, 3.05) is 26.7 Å². The number of likely N-dealkylation sites (tertiary alicyclic amines) is 1. The van der Waals surface area contributed by atoms with Crippen LogP contribution in [0.5, 0.6) is 5.75 Å². The van der Waals surface area contributed by atoms with Gasteiger partial charge in [-0.25, -0.2) is 13.1 Å². The first-order chi connectivity index (χ1) is 13.3. The predicted octanol–water partition coefficient (Wildman–Crippen LogP) is 3.74. The first-order valence-corrected chi connectivity index (χ1v) is 11.3. The molecule has 152 valence electrons. The highest BCUT2D eigenvalue weighted by molar-refractivity contribution is 7.89. The minimum atomic E-state index is -3.59. The maximum absolute atomic E-state index is 13.1. The number of ether oxygens (including phenoxy) is 1. The number of aryl methyl sites for hydroxylation is 3. The van der Waals surface area contributed by atoms with Gasteiger partial charge in [0.2, 0.25) is 10.0 Å². The largest absolute Gasteiger partial charge is 0.497 e. The van der Waals surface area contributed by atoms with E-state index in [1.165, 1.54) is 0 Å². The first kappa shape index (κ1) is 20.8. The van der Waals surface area contributed by atoms with E-state index in [1.54, 1.807) is 7.11 Å². The summed E-state index contributed by atoms with van der Waals surface area (Å²) < 4.78 is 34.3. The Morgan fingerprint density at radius 3 is 2.14 bits per heavy atom. The molecule has 1 N–H and O–H groups in total. The highest BCUT2D eigenvalue weighted by Crippen LogP contribution is 2.27. The van der Waals surface area contributed by atoms with Crippen LogP contribution in [0.4, 0.5) is 0 Å². The molecule has 1 heterocycles. The van der Waals surface area contributed by atoms with Crippen LogP contribution in [0, 0.1) is 20.8 Å². The Kier molecular flexibility index (Phi) is 6.43. The summed E-state index contributed by atoms with van der Waals surface area (Å²) in [6, 6.07) is 11.8. The van der Waals surface area contributed by atoms with E-state index < -0.39 is 10.0 Å². The zero-order valence-electron chi connectivity index (χ0n) is 17.2. The summed E-state index contributed by atoms with van der Waals surface area (Å²) >= 11 is 0. The molecule has 0 unspecified atom stereocenters. The van der Waals surface area contributed by atoms with Crippen LogP contribution in [0.15, 0.2) is 41.3 Å². The molecule has 0 spiro atoms. The summed E-state index contributed by atoms with van der Waals surface area (Å²) in [5, 5.41) is 0. The lowest BCUT2D eigenvalue weighted by atomic mass is 10.1. The van der Waals surface area contributed by atoms with E-state index in [0.717, 1.165) is 53.9 Å². The maximum Gasteiger partial charge on any atom is 0.241 e. The lowest BCUT2D eigenvalue weighted by Gasteiger charge is -2.28. The Balaban J connectivity index is 1.85. The molecular weight excluding hydrogens is 372 g/mol. The molecule has 1 atom stereocenters. The molecule has 0 bridgehead atoms. The number of methoxy groups -OCH3 is 1. The third-order valence-electron chi connectivity index (χ3n) is 5.42. The summed E-state index contributed by atoms with van der Waals surface area (Å²) in [6.07, 6.45) is 2.30. The van der Waals surface area contributed by atoms with Crippen LogP contribution >= 0.6 is 0 Å². The molecule has 1 aliphatic heterocycles. The SMILES string of the molecule is COc1ccc([C@@H](CNS(=O)(=O)c2c(C)cc(C)cc2C)N2CCCC2)cc1. The zero-order chi connectivity index (χ0) is 20.3. The van der Waals surface area contributed by atoms with E-state index in [0.29, 0.717) is 11.4 Å². The number of hydrogen-bond donors (Lipinski definition) is 1. The highest BCUT2D eigenvalue weighted by Gasteiger charge is 2.27. The Labute approximate surface area is 168 Å². The van der Waals surface area contributed by atoms with Crippen LogP contribution in [-0.2, 0) is 10.0 Å². The van der Waals surface area contributed by atoms with Crippen LogP contribution < -0.4 is 9.46 Å². The second-order valence-electron chi connectivity index (χ2n) is 7.61. The summed E-state index contributed by atoms with van der Waals surface area (Å²) in [5.74, 6) is 0.801. The van der Waals surface area contributed by atoms with Crippen molar-refractivity contribution in [1.82, 2.24) is 9.62 Å². The standard InChI is InChI=1S/C22H30N2O3S/c1-16-13-17(2)22(18(3)14-16)28(25,26)23-15-21(24-11-5-6-12-24)19-7-9-20(27-4)10-8-19/h7-10,13-14,21,23H,5-6,11-12,15H2,1-4H3/t21-/m1/s1. The monoisotopic (exact) mass is 402 g/mol. The smallest absolute Gasteiger partial charge is 0.241 e. The molecule has 1 fully saturated rings. The van der Waals surface area contributed by atoms with Gasteiger partial charge in [0.15, 0.2) is 0 Å². The van der Waals surface area contributed by atoms with Crippen LogP contribution in [0.3, 0.4) is 0 Å². The van der Waals surface area contributed by atoms with E-state index in [2.05, 4.69) is 9.62 Å².